The average molecular weight is 290 g/mol. The van der Waals surface area contributed by atoms with Crippen LogP contribution in [0.3, 0.4) is 0 Å². The molecule has 6 heteroatoms. The normalized spacial score (nSPS) is 10.3. The minimum absolute atomic E-state index is 0.187. The number of benzene rings is 2. The van der Waals surface area contributed by atoms with E-state index in [-0.39, 0.29) is 19.0 Å². The van der Waals surface area contributed by atoms with Crippen molar-refractivity contribution in [3.8, 4) is 11.5 Å². The van der Waals surface area contributed by atoms with Crippen LogP contribution in [0, 0.1) is 12.7 Å². The molecule has 0 aliphatic carbocycles. The van der Waals surface area contributed by atoms with Gasteiger partial charge >= 0.3 is 7.12 Å². The van der Waals surface area contributed by atoms with E-state index in [0.29, 0.717) is 11.2 Å². The van der Waals surface area contributed by atoms with Crippen LogP contribution in [0.2, 0.25) is 0 Å². The van der Waals surface area contributed by atoms with E-state index in [4.69, 9.17) is 19.5 Å². The fourth-order valence-corrected chi connectivity index (χ4v) is 1.80. The van der Waals surface area contributed by atoms with Crippen LogP contribution in [0.4, 0.5) is 4.39 Å². The van der Waals surface area contributed by atoms with Crippen LogP contribution >= 0.6 is 0 Å². The highest BCUT2D eigenvalue weighted by atomic mass is 19.1. The van der Waals surface area contributed by atoms with Gasteiger partial charge in [0.25, 0.3) is 0 Å². The predicted octanol–water partition coefficient (Wildman–Crippen LogP) is 1.27. The Morgan fingerprint density at radius 3 is 2.57 bits per heavy atom. The van der Waals surface area contributed by atoms with Crippen molar-refractivity contribution in [3.05, 3.63) is 53.8 Å². The molecule has 0 bridgehead atoms. The maximum absolute atomic E-state index is 13.4. The fourth-order valence-electron chi connectivity index (χ4n) is 1.80. The smallest absolute Gasteiger partial charge is 0.488 e. The van der Waals surface area contributed by atoms with Gasteiger partial charge in [0.15, 0.2) is 11.6 Å². The van der Waals surface area contributed by atoms with E-state index >= 15 is 0 Å². The molecule has 0 heterocycles. The van der Waals surface area contributed by atoms with Crippen LogP contribution in [0.1, 0.15) is 5.56 Å². The number of aryl methyl sites for hydroxylation is 1. The van der Waals surface area contributed by atoms with Gasteiger partial charge < -0.3 is 19.5 Å². The summed E-state index contributed by atoms with van der Waals surface area (Å²) in [6.07, 6.45) is 0. The van der Waals surface area contributed by atoms with Crippen LogP contribution < -0.4 is 14.9 Å². The van der Waals surface area contributed by atoms with Crippen molar-refractivity contribution in [3.63, 3.8) is 0 Å². The third kappa shape index (κ3) is 4.48. The van der Waals surface area contributed by atoms with Crippen molar-refractivity contribution in [1.82, 2.24) is 0 Å². The summed E-state index contributed by atoms with van der Waals surface area (Å²) in [5.41, 5.74) is 1.26. The van der Waals surface area contributed by atoms with Gasteiger partial charge in [-0.1, -0.05) is 18.2 Å². The topological polar surface area (TPSA) is 58.9 Å². The zero-order valence-electron chi connectivity index (χ0n) is 11.6. The fraction of sp³-hybridized carbons (Fsp3) is 0.200. The Kier molecular flexibility index (Phi) is 5.19. The lowest BCUT2D eigenvalue weighted by Gasteiger charge is -2.10. The Labute approximate surface area is 122 Å². The molecule has 0 atom stereocenters. The zero-order valence-corrected chi connectivity index (χ0v) is 11.6. The van der Waals surface area contributed by atoms with Crippen molar-refractivity contribution < 1.29 is 23.9 Å². The SMILES string of the molecule is Cc1ccc(F)c(OCCOc2cccc(B(O)O)c2)c1. The van der Waals surface area contributed by atoms with Crippen molar-refractivity contribution in [1.29, 1.82) is 0 Å². The van der Waals surface area contributed by atoms with Gasteiger partial charge in [-0.05, 0) is 42.2 Å². The van der Waals surface area contributed by atoms with E-state index in [1.54, 1.807) is 30.3 Å². The first-order chi connectivity index (χ1) is 10.1. The highest BCUT2D eigenvalue weighted by Crippen LogP contribution is 2.18. The van der Waals surface area contributed by atoms with Crippen LogP contribution in [0.15, 0.2) is 42.5 Å². The van der Waals surface area contributed by atoms with Crippen molar-refractivity contribution in [2.75, 3.05) is 13.2 Å². The van der Waals surface area contributed by atoms with Crippen molar-refractivity contribution >= 4 is 12.6 Å². The number of rotatable bonds is 6. The number of hydrogen-bond donors (Lipinski definition) is 2. The minimum atomic E-state index is -1.54. The van der Waals surface area contributed by atoms with E-state index in [9.17, 15) is 4.39 Å². The summed E-state index contributed by atoms with van der Waals surface area (Å²) in [6, 6.07) is 11.1. The van der Waals surface area contributed by atoms with E-state index < -0.39 is 12.9 Å². The van der Waals surface area contributed by atoms with Gasteiger partial charge in [-0.25, -0.2) is 4.39 Å². The Bertz CT molecular complexity index is 604. The van der Waals surface area contributed by atoms with Gasteiger partial charge in [-0.3, -0.25) is 0 Å². The summed E-state index contributed by atoms with van der Waals surface area (Å²) in [5.74, 6) is 0.276. The second-order valence-corrected chi connectivity index (χ2v) is 4.58. The minimum Gasteiger partial charge on any atom is -0.490 e. The lowest BCUT2D eigenvalue weighted by molar-refractivity contribution is 0.211. The molecule has 0 unspecified atom stereocenters. The first-order valence-corrected chi connectivity index (χ1v) is 6.54. The van der Waals surface area contributed by atoms with Crippen LogP contribution in [-0.4, -0.2) is 30.4 Å². The molecule has 0 aliphatic heterocycles. The first kappa shape index (κ1) is 15.3. The molecule has 4 nitrogen and oxygen atoms in total. The van der Waals surface area contributed by atoms with Crippen molar-refractivity contribution in [2.45, 2.75) is 6.92 Å². The molecular formula is C15H16BFO4. The average Bonchev–Trinajstić information content (AvgIpc) is 2.47. The summed E-state index contributed by atoms with van der Waals surface area (Å²) in [4.78, 5) is 0. The summed E-state index contributed by atoms with van der Waals surface area (Å²) < 4.78 is 24.2. The lowest BCUT2D eigenvalue weighted by atomic mass is 9.80. The molecule has 0 radical (unpaired) electrons. The third-order valence-electron chi connectivity index (χ3n) is 2.85. The second kappa shape index (κ2) is 7.10. The molecule has 2 rings (SSSR count). The van der Waals surface area contributed by atoms with Crippen LogP contribution in [0.25, 0.3) is 0 Å². The standard InChI is InChI=1S/C15H16BFO4/c1-11-5-6-14(17)15(9-11)21-8-7-20-13-4-2-3-12(10-13)16(18)19/h2-6,9-10,18-19H,7-8H2,1H3. The molecular weight excluding hydrogens is 274 g/mol. The predicted molar refractivity (Wildman–Crippen MR) is 78.4 cm³/mol. The van der Waals surface area contributed by atoms with Gasteiger partial charge in [0.2, 0.25) is 0 Å². The molecule has 2 aromatic carbocycles. The second-order valence-electron chi connectivity index (χ2n) is 4.58. The highest BCUT2D eigenvalue weighted by Gasteiger charge is 2.11. The molecule has 0 aromatic heterocycles. The maximum atomic E-state index is 13.4. The number of ether oxygens (including phenoxy) is 2. The van der Waals surface area contributed by atoms with Crippen molar-refractivity contribution in [2.24, 2.45) is 0 Å². The van der Waals surface area contributed by atoms with Gasteiger partial charge in [-0.15, -0.1) is 0 Å². The summed E-state index contributed by atoms with van der Waals surface area (Å²) in [7, 11) is -1.54. The van der Waals surface area contributed by atoms with Crippen LogP contribution in [0.5, 0.6) is 11.5 Å². The molecule has 0 spiro atoms. The summed E-state index contributed by atoms with van der Waals surface area (Å²) in [6.45, 7) is 2.26. The number of hydrogen-bond acceptors (Lipinski definition) is 4. The monoisotopic (exact) mass is 290 g/mol. The van der Waals surface area contributed by atoms with E-state index in [2.05, 4.69) is 0 Å². The van der Waals surface area contributed by atoms with E-state index in [1.807, 2.05) is 6.92 Å². The Morgan fingerprint density at radius 2 is 1.81 bits per heavy atom. The molecule has 2 N–H and O–H groups in total. The lowest BCUT2D eigenvalue weighted by Crippen LogP contribution is -2.29. The van der Waals surface area contributed by atoms with Gasteiger partial charge in [0, 0.05) is 0 Å². The molecule has 0 aliphatic rings. The molecule has 21 heavy (non-hydrogen) atoms. The molecule has 0 amide bonds. The molecule has 0 saturated heterocycles. The zero-order chi connectivity index (χ0) is 15.2. The van der Waals surface area contributed by atoms with E-state index in [0.717, 1.165) is 5.56 Å². The summed E-state index contributed by atoms with van der Waals surface area (Å²) in [5, 5.41) is 18.1. The Morgan fingerprint density at radius 1 is 1.05 bits per heavy atom. The Hall–Kier alpha value is -2.05. The number of halogens is 1. The molecule has 110 valence electrons. The van der Waals surface area contributed by atoms with Gasteiger partial charge in [-0.2, -0.15) is 0 Å². The highest BCUT2D eigenvalue weighted by molar-refractivity contribution is 6.58. The molecule has 0 fully saturated rings. The van der Waals surface area contributed by atoms with Crippen LogP contribution in [-0.2, 0) is 0 Å². The third-order valence-corrected chi connectivity index (χ3v) is 2.85. The summed E-state index contributed by atoms with van der Waals surface area (Å²) >= 11 is 0. The van der Waals surface area contributed by atoms with E-state index in [1.165, 1.54) is 12.1 Å². The Balaban J connectivity index is 1.84. The quantitative estimate of drug-likeness (QED) is 0.621. The first-order valence-electron chi connectivity index (χ1n) is 6.54. The van der Waals surface area contributed by atoms with Gasteiger partial charge in [0.1, 0.15) is 19.0 Å². The maximum Gasteiger partial charge on any atom is 0.488 e. The molecule has 0 saturated carbocycles. The largest absolute Gasteiger partial charge is 0.490 e. The van der Waals surface area contributed by atoms with Gasteiger partial charge in [0.05, 0.1) is 0 Å². The molecule has 2 aromatic rings.